The third-order valence-corrected chi connectivity index (χ3v) is 3.93. The van der Waals surface area contributed by atoms with Crippen molar-refractivity contribution < 1.29 is 4.79 Å². The Bertz CT molecular complexity index is 678. The summed E-state index contributed by atoms with van der Waals surface area (Å²) in [7, 11) is 1.82. The fourth-order valence-corrected chi connectivity index (χ4v) is 2.99. The van der Waals surface area contributed by atoms with Crippen LogP contribution in [0.1, 0.15) is 22.5 Å². The van der Waals surface area contributed by atoms with E-state index in [1.54, 1.807) is 21.7 Å². The van der Waals surface area contributed by atoms with Gasteiger partial charge in [-0.05, 0) is 36.6 Å². The Morgan fingerprint density at radius 2 is 2.20 bits per heavy atom. The molecule has 0 aliphatic carbocycles. The highest BCUT2D eigenvalue weighted by Gasteiger charge is 2.26. The predicted molar refractivity (Wildman–Crippen MR) is 81.3 cm³/mol. The number of fused-ring (bicyclic) bond motifs is 1. The van der Waals surface area contributed by atoms with Gasteiger partial charge in [0.25, 0.3) is 5.91 Å². The van der Waals surface area contributed by atoms with E-state index < -0.39 is 0 Å². The van der Waals surface area contributed by atoms with Gasteiger partial charge >= 0.3 is 0 Å². The van der Waals surface area contributed by atoms with E-state index in [-0.39, 0.29) is 5.91 Å². The lowest BCUT2D eigenvalue weighted by atomic mass is 9.99. The summed E-state index contributed by atoms with van der Waals surface area (Å²) in [6.45, 7) is 0.706. The molecule has 4 nitrogen and oxygen atoms in total. The van der Waals surface area contributed by atoms with Crippen LogP contribution in [0.2, 0.25) is 5.02 Å². The van der Waals surface area contributed by atoms with Crippen LogP contribution in [-0.4, -0.2) is 17.0 Å². The van der Waals surface area contributed by atoms with Gasteiger partial charge in [-0.3, -0.25) is 4.79 Å². The minimum absolute atomic E-state index is 0.0362. The van der Waals surface area contributed by atoms with Gasteiger partial charge in [-0.2, -0.15) is 0 Å². The normalized spacial score (nSPS) is 14.2. The molecule has 2 aromatic rings. The Morgan fingerprint density at radius 1 is 1.40 bits per heavy atom. The summed E-state index contributed by atoms with van der Waals surface area (Å²) in [5, 5.41) is 0.570. The van der Waals surface area contributed by atoms with Gasteiger partial charge in [0.2, 0.25) is 0 Å². The number of carbonyl (C=O) groups is 1. The molecule has 0 fully saturated rings. The SMILES string of the molecule is Cn1cc(Cl)cc1C(=O)N1CCCc2c(N)cccc21. The van der Waals surface area contributed by atoms with E-state index in [1.165, 1.54) is 0 Å². The number of rotatable bonds is 1. The van der Waals surface area contributed by atoms with Gasteiger partial charge in [-0.1, -0.05) is 17.7 Å². The van der Waals surface area contributed by atoms with Crippen LogP contribution in [0.15, 0.2) is 30.5 Å². The Balaban J connectivity index is 2.03. The number of halogens is 1. The number of amides is 1. The van der Waals surface area contributed by atoms with Crippen molar-refractivity contribution in [1.82, 2.24) is 4.57 Å². The second-order valence-electron chi connectivity index (χ2n) is 5.06. The Hall–Kier alpha value is -1.94. The smallest absolute Gasteiger partial charge is 0.274 e. The topological polar surface area (TPSA) is 51.3 Å². The fraction of sp³-hybridized carbons (Fsp3) is 0.267. The number of benzene rings is 1. The van der Waals surface area contributed by atoms with Crippen molar-refractivity contribution in [3.8, 4) is 0 Å². The maximum absolute atomic E-state index is 12.7. The molecular weight excluding hydrogens is 274 g/mol. The van der Waals surface area contributed by atoms with Crippen molar-refractivity contribution >= 4 is 28.9 Å². The number of nitrogens with two attached hydrogens (primary N) is 1. The third kappa shape index (κ3) is 2.06. The second kappa shape index (κ2) is 4.87. The van der Waals surface area contributed by atoms with Crippen molar-refractivity contribution in [1.29, 1.82) is 0 Å². The quantitative estimate of drug-likeness (QED) is 0.821. The van der Waals surface area contributed by atoms with E-state index in [4.69, 9.17) is 17.3 Å². The summed E-state index contributed by atoms with van der Waals surface area (Å²) in [4.78, 5) is 14.5. The number of carbonyl (C=O) groups excluding carboxylic acids is 1. The highest BCUT2D eigenvalue weighted by molar-refractivity contribution is 6.31. The van der Waals surface area contributed by atoms with Crippen LogP contribution in [0.4, 0.5) is 11.4 Å². The van der Waals surface area contributed by atoms with Gasteiger partial charge in [-0.25, -0.2) is 0 Å². The van der Waals surface area contributed by atoms with Gasteiger partial charge < -0.3 is 15.2 Å². The summed E-state index contributed by atoms with van der Waals surface area (Å²) in [5.41, 5.74) is 9.33. The van der Waals surface area contributed by atoms with Crippen LogP contribution in [0, 0.1) is 0 Å². The summed E-state index contributed by atoms with van der Waals surface area (Å²) in [6.07, 6.45) is 3.57. The van der Waals surface area contributed by atoms with Crippen LogP contribution in [-0.2, 0) is 13.5 Å². The van der Waals surface area contributed by atoms with Crippen LogP contribution in [0.25, 0.3) is 0 Å². The molecule has 1 aromatic heterocycles. The molecule has 1 aliphatic rings. The summed E-state index contributed by atoms with van der Waals surface area (Å²) in [5.74, 6) is -0.0362. The molecule has 0 spiro atoms. The van der Waals surface area contributed by atoms with Crippen molar-refractivity contribution in [3.05, 3.63) is 46.7 Å². The first kappa shape index (κ1) is 13.1. The molecule has 1 aliphatic heterocycles. The lowest BCUT2D eigenvalue weighted by Gasteiger charge is -2.30. The van der Waals surface area contributed by atoms with Gasteiger partial charge in [0.1, 0.15) is 5.69 Å². The Morgan fingerprint density at radius 3 is 2.90 bits per heavy atom. The van der Waals surface area contributed by atoms with Crippen LogP contribution in [0.5, 0.6) is 0 Å². The first-order valence-electron chi connectivity index (χ1n) is 6.59. The van der Waals surface area contributed by atoms with Crippen molar-refractivity contribution in [2.24, 2.45) is 7.05 Å². The number of nitrogen functional groups attached to an aromatic ring is 1. The Kier molecular flexibility index (Phi) is 3.18. The molecule has 0 radical (unpaired) electrons. The molecule has 0 atom stereocenters. The number of aromatic nitrogens is 1. The molecular formula is C15H16ClN3O. The summed E-state index contributed by atoms with van der Waals surface area (Å²) < 4.78 is 1.76. The molecule has 2 N–H and O–H groups in total. The number of aryl methyl sites for hydroxylation is 1. The maximum Gasteiger partial charge on any atom is 0.274 e. The third-order valence-electron chi connectivity index (χ3n) is 3.72. The van der Waals surface area contributed by atoms with E-state index >= 15 is 0 Å². The minimum atomic E-state index is -0.0362. The molecule has 1 aromatic carbocycles. The summed E-state index contributed by atoms with van der Waals surface area (Å²) >= 11 is 5.96. The zero-order valence-corrected chi connectivity index (χ0v) is 12.0. The molecule has 104 valence electrons. The number of nitrogens with zero attached hydrogens (tertiary/aromatic N) is 2. The molecule has 0 saturated heterocycles. The molecule has 20 heavy (non-hydrogen) atoms. The first-order chi connectivity index (χ1) is 9.58. The molecule has 3 rings (SSSR count). The zero-order valence-electron chi connectivity index (χ0n) is 11.3. The van der Waals surface area contributed by atoms with Crippen molar-refractivity contribution in [2.75, 3.05) is 17.2 Å². The number of hydrogen-bond donors (Lipinski definition) is 1. The monoisotopic (exact) mass is 289 g/mol. The first-order valence-corrected chi connectivity index (χ1v) is 6.97. The lowest BCUT2D eigenvalue weighted by Crippen LogP contribution is -2.36. The van der Waals surface area contributed by atoms with Gasteiger partial charge in [0, 0.05) is 31.2 Å². The van der Waals surface area contributed by atoms with Gasteiger partial charge in [-0.15, -0.1) is 0 Å². The van der Waals surface area contributed by atoms with E-state index in [1.807, 2.05) is 25.2 Å². The molecule has 1 amide bonds. The standard InChI is InChI=1S/C15H16ClN3O/c1-18-9-10(16)8-14(18)15(20)19-7-3-4-11-12(17)5-2-6-13(11)19/h2,5-6,8-9H,3-4,7,17H2,1H3. The van der Waals surface area contributed by atoms with E-state index in [0.29, 0.717) is 17.3 Å². The second-order valence-corrected chi connectivity index (χ2v) is 5.50. The van der Waals surface area contributed by atoms with Gasteiger partial charge in [0.05, 0.1) is 5.02 Å². The number of hydrogen-bond acceptors (Lipinski definition) is 2. The van der Waals surface area contributed by atoms with Crippen LogP contribution >= 0.6 is 11.6 Å². The van der Waals surface area contributed by atoms with Crippen LogP contribution < -0.4 is 10.6 Å². The average molecular weight is 290 g/mol. The fourth-order valence-electron chi connectivity index (χ4n) is 2.74. The Labute approximate surface area is 122 Å². The minimum Gasteiger partial charge on any atom is -0.398 e. The van der Waals surface area contributed by atoms with Crippen molar-refractivity contribution in [3.63, 3.8) is 0 Å². The van der Waals surface area contributed by atoms with E-state index in [9.17, 15) is 4.79 Å². The average Bonchev–Trinajstić information content (AvgIpc) is 2.77. The largest absolute Gasteiger partial charge is 0.398 e. The summed E-state index contributed by atoms with van der Waals surface area (Å²) in [6, 6.07) is 7.42. The molecule has 0 bridgehead atoms. The van der Waals surface area contributed by atoms with Crippen LogP contribution in [0.3, 0.4) is 0 Å². The van der Waals surface area contributed by atoms with Gasteiger partial charge in [0.15, 0.2) is 0 Å². The lowest BCUT2D eigenvalue weighted by molar-refractivity contribution is 0.0977. The molecule has 0 saturated carbocycles. The molecule has 0 unspecified atom stereocenters. The number of anilines is 2. The zero-order chi connectivity index (χ0) is 14.3. The van der Waals surface area contributed by atoms with E-state index in [2.05, 4.69) is 0 Å². The highest BCUT2D eigenvalue weighted by atomic mass is 35.5. The maximum atomic E-state index is 12.7. The molecule has 2 heterocycles. The van der Waals surface area contributed by atoms with Crippen molar-refractivity contribution in [2.45, 2.75) is 12.8 Å². The molecule has 5 heteroatoms. The predicted octanol–water partition coefficient (Wildman–Crippen LogP) is 2.85. The van der Waals surface area contributed by atoms with E-state index in [0.717, 1.165) is 29.8 Å². The highest BCUT2D eigenvalue weighted by Crippen LogP contribution is 2.32.